The van der Waals surface area contributed by atoms with E-state index in [0.717, 1.165) is 70.7 Å². The lowest BCUT2D eigenvalue weighted by molar-refractivity contribution is 0.293. The van der Waals surface area contributed by atoms with Gasteiger partial charge in [-0.15, -0.1) is 0 Å². The Morgan fingerprint density at radius 3 is 2.63 bits per heavy atom. The number of pyridine rings is 1. The Hall–Kier alpha value is -3.25. The van der Waals surface area contributed by atoms with Gasteiger partial charge in [0.25, 0.3) is 0 Å². The van der Waals surface area contributed by atoms with E-state index in [1.807, 2.05) is 36.4 Å². The minimum absolute atomic E-state index is 0.719. The molecule has 6 heteroatoms. The minimum Gasteiger partial charge on any atom is -0.497 e. The van der Waals surface area contributed by atoms with E-state index in [-0.39, 0.29) is 0 Å². The molecule has 0 radical (unpaired) electrons. The van der Waals surface area contributed by atoms with Crippen molar-refractivity contribution in [3.8, 4) is 5.75 Å². The summed E-state index contributed by atoms with van der Waals surface area (Å²) in [5.74, 6) is 1.81. The fourth-order valence-electron chi connectivity index (χ4n) is 3.89. The Balaban J connectivity index is 1.60. The van der Waals surface area contributed by atoms with Crippen LogP contribution in [0, 0.1) is 0 Å². The molecule has 0 saturated heterocycles. The van der Waals surface area contributed by atoms with E-state index in [2.05, 4.69) is 36.0 Å². The predicted octanol–water partition coefficient (Wildman–Crippen LogP) is 4.53. The summed E-state index contributed by atoms with van der Waals surface area (Å²) in [5, 5.41) is 2.18. The van der Waals surface area contributed by atoms with E-state index in [1.54, 1.807) is 13.4 Å². The zero-order valence-corrected chi connectivity index (χ0v) is 17.8. The molecule has 0 amide bonds. The van der Waals surface area contributed by atoms with Gasteiger partial charge in [0.15, 0.2) is 0 Å². The second kappa shape index (κ2) is 8.63. The van der Waals surface area contributed by atoms with Crippen LogP contribution < -0.4 is 15.4 Å². The number of anilines is 2. The molecule has 0 aliphatic heterocycles. The third-order valence-corrected chi connectivity index (χ3v) is 5.40. The Morgan fingerprint density at radius 1 is 1.00 bits per heavy atom. The van der Waals surface area contributed by atoms with Crippen LogP contribution in [0.25, 0.3) is 21.8 Å². The van der Waals surface area contributed by atoms with Crippen molar-refractivity contribution in [2.45, 2.75) is 13.0 Å². The number of nitrogens with two attached hydrogens (primary N) is 1. The molecule has 0 unspecified atom stereocenters. The Labute approximate surface area is 176 Å². The molecule has 0 aliphatic carbocycles. The average molecular weight is 405 g/mol. The second-order valence-electron chi connectivity index (χ2n) is 7.71. The van der Waals surface area contributed by atoms with Crippen LogP contribution in [-0.2, 0) is 6.54 Å². The van der Waals surface area contributed by atoms with E-state index in [4.69, 9.17) is 19.9 Å². The zero-order valence-electron chi connectivity index (χ0n) is 17.8. The molecule has 0 aliphatic rings. The number of methoxy groups -OCH3 is 1. The molecule has 2 aromatic heterocycles. The van der Waals surface area contributed by atoms with Crippen LogP contribution in [0.15, 0.2) is 59.2 Å². The van der Waals surface area contributed by atoms with E-state index in [9.17, 15) is 0 Å². The number of aromatic nitrogens is 1. The fourth-order valence-corrected chi connectivity index (χ4v) is 3.89. The lowest BCUT2D eigenvalue weighted by atomic mass is 10.1. The monoisotopic (exact) mass is 404 g/mol. The first-order chi connectivity index (χ1) is 14.5. The maximum atomic E-state index is 6.02. The summed E-state index contributed by atoms with van der Waals surface area (Å²) in [5.41, 5.74) is 9.74. The largest absolute Gasteiger partial charge is 0.497 e. The highest BCUT2D eigenvalue weighted by atomic mass is 16.5. The quantitative estimate of drug-likeness (QED) is 0.344. The molecule has 4 rings (SSSR count). The topological polar surface area (TPSA) is 67.8 Å². The summed E-state index contributed by atoms with van der Waals surface area (Å²) < 4.78 is 10.9. The van der Waals surface area contributed by atoms with Crippen LogP contribution in [0.3, 0.4) is 0 Å². The molecule has 4 aromatic rings. The fraction of sp³-hybridized carbons (Fsp3) is 0.292. The number of ether oxygens (including phenoxy) is 1. The molecule has 156 valence electrons. The van der Waals surface area contributed by atoms with Gasteiger partial charge >= 0.3 is 0 Å². The van der Waals surface area contributed by atoms with Crippen LogP contribution in [0.2, 0.25) is 0 Å². The zero-order chi connectivity index (χ0) is 21.1. The molecular weight excluding hydrogens is 376 g/mol. The first-order valence-electron chi connectivity index (χ1n) is 10.1. The molecule has 2 heterocycles. The Kier molecular flexibility index (Phi) is 5.77. The van der Waals surface area contributed by atoms with Gasteiger partial charge in [-0.2, -0.15) is 0 Å². The highest BCUT2D eigenvalue weighted by molar-refractivity contribution is 6.08. The van der Waals surface area contributed by atoms with Crippen molar-refractivity contribution < 1.29 is 9.15 Å². The summed E-state index contributed by atoms with van der Waals surface area (Å²) in [6.45, 7) is 2.70. The van der Waals surface area contributed by atoms with E-state index >= 15 is 0 Å². The second-order valence-corrected chi connectivity index (χ2v) is 7.71. The Bertz CT molecular complexity index is 1140. The number of nitrogens with zero attached hydrogens (tertiary/aromatic N) is 3. The van der Waals surface area contributed by atoms with Crippen molar-refractivity contribution >= 4 is 33.2 Å². The first-order valence-corrected chi connectivity index (χ1v) is 10.1. The number of furan rings is 1. The van der Waals surface area contributed by atoms with E-state index in [1.165, 1.54) is 0 Å². The molecule has 0 atom stereocenters. The maximum Gasteiger partial charge on any atom is 0.119 e. The van der Waals surface area contributed by atoms with Gasteiger partial charge in [-0.05, 0) is 68.5 Å². The van der Waals surface area contributed by atoms with Gasteiger partial charge < -0.3 is 19.8 Å². The summed E-state index contributed by atoms with van der Waals surface area (Å²) in [6, 6.07) is 15.9. The van der Waals surface area contributed by atoms with Gasteiger partial charge in [0.2, 0.25) is 0 Å². The molecule has 2 N–H and O–H groups in total. The van der Waals surface area contributed by atoms with Crippen molar-refractivity contribution in [3.63, 3.8) is 0 Å². The van der Waals surface area contributed by atoms with Gasteiger partial charge in [0.1, 0.15) is 11.5 Å². The van der Waals surface area contributed by atoms with Crippen molar-refractivity contribution in [2.24, 2.45) is 0 Å². The summed E-state index contributed by atoms with van der Waals surface area (Å²) in [7, 11) is 5.94. The van der Waals surface area contributed by atoms with Crippen molar-refractivity contribution in [3.05, 3.63) is 60.6 Å². The van der Waals surface area contributed by atoms with E-state index in [0.29, 0.717) is 0 Å². The number of benzene rings is 2. The number of nitrogen functional groups attached to an aromatic ring is 1. The molecular formula is C24H28N4O2. The number of hydrogen-bond acceptors (Lipinski definition) is 6. The highest BCUT2D eigenvalue weighted by Crippen LogP contribution is 2.36. The smallest absolute Gasteiger partial charge is 0.119 e. The lowest BCUT2D eigenvalue weighted by Crippen LogP contribution is -2.25. The third-order valence-electron chi connectivity index (χ3n) is 5.40. The van der Waals surface area contributed by atoms with Gasteiger partial charge in [0, 0.05) is 30.1 Å². The van der Waals surface area contributed by atoms with Crippen LogP contribution in [0.4, 0.5) is 11.4 Å². The van der Waals surface area contributed by atoms with Gasteiger partial charge in [-0.25, -0.2) is 4.98 Å². The van der Waals surface area contributed by atoms with Crippen LogP contribution in [0.1, 0.15) is 12.2 Å². The highest BCUT2D eigenvalue weighted by Gasteiger charge is 2.14. The third kappa shape index (κ3) is 4.19. The van der Waals surface area contributed by atoms with Gasteiger partial charge in [-0.3, -0.25) is 4.90 Å². The van der Waals surface area contributed by atoms with Crippen molar-refractivity contribution in [2.75, 3.05) is 44.9 Å². The molecule has 0 fully saturated rings. The summed E-state index contributed by atoms with van der Waals surface area (Å²) in [4.78, 5) is 9.41. The molecule has 0 saturated carbocycles. The number of rotatable bonds is 8. The summed E-state index contributed by atoms with van der Waals surface area (Å²) >= 11 is 0. The average Bonchev–Trinajstić information content (AvgIpc) is 3.24. The number of hydrogen-bond donors (Lipinski definition) is 1. The van der Waals surface area contributed by atoms with Crippen molar-refractivity contribution in [1.82, 2.24) is 9.88 Å². The molecule has 6 nitrogen and oxygen atoms in total. The van der Waals surface area contributed by atoms with Gasteiger partial charge in [-0.1, -0.05) is 0 Å². The van der Waals surface area contributed by atoms with Gasteiger partial charge in [0.05, 0.1) is 36.6 Å². The molecule has 2 aromatic carbocycles. The van der Waals surface area contributed by atoms with E-state index < -0.39 is 0 Å². The minimum atomic E-state index is 0.719. The normalized spacial score (nSPS) is 11.5. The van der Waals surface area contributed by atoms with Crippen LogP contribution in [0.5, 0.6) is 5.75 Å². The maximum absolute atomic E-state index is 6.02. The lowest BCUT2D eigenvalue weighted by Gasteiger charge is -2.24. The molecule has 0 bridgehead atoms. The van der Waals surface area contributed by atoms with Crippen LogP contribution >= 0.6 is 0 Å². The standard InChI is InChI=1S/C24H28N4O2/c1-27(16-19-6-4-13-30-19)11-5-12-28(2)24-20-9-7-17(25)14-23(20)26-22-10-8-18(29-3)15-21(22)24/h4,6-10,13-15H,5,11-12,16,25H2,1-3H3. The SMILES string of the molecule is COc1ccc2nc3cc(N)ccc3c(N(C)CCCN(C)Cc3ccco3)c2c1. The summed E-state index contributed by atoms with van der Waals surface area (Å²) in [6.07, 6.45) is 2.75. The molecule has 0 spiro atoms. The number of fused-ring (bicyclic) bond motifs is 2. The first kappa shape index (κ1) is 20.0. The predicted molar refractivity (Wildman–Crippen MR) is 123 cm³/mol. The Morgan fingerprint density at radius 2 is 1.87 bits per heavy atom. The van der Waals surface area contributed by atoms with Crippen LogP contribution in [-0.4, -0.2) is 44.2 Å². The van der Waals surface area contributed by atoms with Crippen molar-refractivity contribution in [1.29, 1.82) is 0 Å². The molecule has 30 heavy (non-hydrogen) atoms.